The minimum absolute atomic E-state index is 0.176. The number of thiocarbonyl (C=S) groups is 1. The van der Waals surface area contributed by atoms with E-state index in [4.69, 9.17) is 10.2 Å². The molecular weight excluding hydrogens is 170 g/mol. The molecule has 0 aliphatic rings. The van der Waals surface area contributed by atoms with Crippen LogP contribution in [-0.2, 0) is 0 Å². The van der Waals surface area contributed by atoms with Gasteiger partial charge in [0.1, 0.15) is 4.32 Å². The molecule has 0 aromatic heterocycles. The number of hydrogen-bond acceptors (Lipinski definition) is 3. The third kappa shape index (κ3) is 3.36. The van der Waals surface area contributed by atoms with Crippen LogP contribution in [0.4, 0.5) is 0 Å². The fraction of sp³-hybridized carbons (Fsp3) is 0.800. The minimum atomic E-state index is -0.751. The minimum Gasteiger partial charge on any atom is -0.394 e. The van der Waals surface area contributed by atoms with Crippen LogP contribution in [0.3, 0.4) is 0 Å². The smallest absolute Gasteiger partial charge is 0.131 e. The lowest BCUT2D eigenvalue weighted by atomic mass is 10.1. The number of hydrogen-bond donors (Lipinski definition) is 4. The van der Waals surface area contributed by atoms with Crippen LogP contribution in [0, 0.1) is 0 Å². The highest BCUT2D eigenvalue weighted by Gasteiger charge is 2.21. The second-order valence-electron chi connectivity index (χ2n) is 2.31. The van der Waals surface area contributed by atoms with E-state index < -0.39 is 5.54 Å². The lowest BCUT2D eigenvalue weighted by Gasteiger charge is -2.25. The van der Waals surface area contributed by atoms with Crippen molar-refractivity contribution in [2.24, 2.45) is 0 Å². The van der Waals surface area contributed by atoms with E-state index in [2.05, 4.69) is 30.2 Å². The van der Waals surface area contributed by atoms with Crippen molar-refractivity contribution in [2.75, 3.05) is 13.2 Å². The molecule has 0 saturated heterocycles. The Morgan fingerprint density at radius 2 is 2.00 bits per heavy atom. The van der Waals surface area contributed by atoms with Gasteiger partial charge in [0.15, 0.2) is 0 Å². The van der Waals surface area contributed by atoms with Gasteiger partial charge in [-0.1, -0.05) is 12.2 Å². The first kappa shape index (κ1) is 10.2. The molecular formula is C5H11NO2S2. The molecule has 0 aliphatic carbocycles. The molecule has 0 saturated carbocycles. The third-order valence-electron chi connectivity index (χ3n) is 1.11. The lowest BCUT2D eigenvalue weighted by molar-refractivity contribution is 0.120. The van der Waals surface area contributed by atoms with Gasteiger partial charge in [0.05, 0.1) is 18.8 Å². The topological polar surface area (TPSA) is 52.5 Å². The first-order chi connectivity index (χ1) is 4.54. The van der Waals surface area contributed by atoms with Gasteiger partial charge in [0, 0.05) is 0 Å². The zero-order valence-electron chi connectivity index (χ0n) is 5.66. The Morgan fingerprint density at radius 3 is 2.10 bits per heavy atom. The van der Waals surface area contributed by atoms with Crippen molar-refractivity contribution in [1.82, 2.24) is 5.32 Å². The Bertz CT molecular complexity index is 125. The molecule has 0 fully saturated rings. The van der Waals surface area contributed by atoms with Crippen molar-refractivity contribution < 1.29 is 10.2 Å². The van der Waals surface area contributed by atoms with Crippen molar-refractivity contribution in [3.63, 3.8) is 0 Å². The van der Waals surface area contributed by atoms with Gasteiger partial charge >= 0.3 is 0 Å². The quantitative estimate of drug-likeness (QED) is 0.351. The molecule has 0 aliphatic heterocycles. The maximum atomic E-state index is 8.72. The molecule has 0 rings (SSSR count). The Hall–Kier alpha value is 0.160. The normalized spacial score (nSPS) is 11.2. The fourth-order valence-corrected chi connectivity index (χ4v) is 0.904. The Balaban J connectivity index is 3.92. The molecule has 0 unspecified atom stereocenters. The van der Waals surface area contributed by atoms with Crippen molar-refractivity contribution in [2.45, 2.75) is 12.5 Å². The summed E-state index contributed by atoms with van der Waals surface area (Å²) in [7, 11) is 0. The summed E-state index contributed by atoms with van der Waals surface area (Å²) >= 11 is 8.40. The van der Waals surface area contributed by atoms with E-state index in [1.54, 1.807) is 6.92 Å². The molecule has 10 heavy (non-hydrogen) atoms. The van der Waals surface area contributed by atoms with Gasteiger partial charge in [-0.3, -0.25) is 0 Å². The molecule has 3 nitrogen and oxygen atoms in total. The van der Waals surface area contributed by atoms with Gasteiger partial charge in [-0.2, -0.15) is 0 Å². The monoisotopic (exact) mass is 181 g/mol. The summed E-state index contributed by atoms with van der Waals surface area (Å²) in [4.78, 5) is 0. The Kier molecular flexibility index (Phi) is 4.19. The first-order valence-corrected chi connectivity index (χ1v) is 3.62. The van der Waals surface area contributed by atoms with Crippen molar-refractivity contribution in [3.8, 4) is 0 Å². The van der Waals surface area contributed by atoms with Gasteiger partial charge in [-0.15, -0.1) is 12.6 Å². The van der Waals surface area contributed by atoms with Gasteiger partial charge < -0.3 is 15.5 Å². The van der Waals surface area contributed by atoms with E-state index in [1.807, 2.05) is 0 Å². The van der Waals surface area contributed by atoms with Gasteiger partial charge in [-0.25, -0.2) is 0 Å². The molecule has 0 radical (unpaired) electrons. The molecule has 0 aromatic rings. The summed E-state index contributed by atoms with van der Waals surface area (Å²) in [5, 5.41) is 20.1. The maximum absolute atomic E-state index is 8.72. The molecule has 5 heteroatoms. The summed E-state index contributed by atoms with van der Waals surface area (Å²) in [6.07, 6.45) is 0. The molecule has 0 heterocycles. The van der Waals surface area contributed by atoms with Crippen molar-refractivity contribution in [1.29, 1.82) is 0 Å². The third-order valence-corrected chi connectivity index (χ3v) is 1.32. The van der Waals surface area contributed by atoms with E-state index >= 15 is 0 Å². The van der Waals surface area contributed by atoms with Gasteiger partial charge in [-0.05, 0) is 6.92 Å². The van der Waals surface area contributed by atoms with E-state index in [9.17, 15) is 0 Å². The van der Waals surface area contributed by atoms with Crippen LogP contribution in [0.2, 0.25) is 0 Å². The summed E-state index contributed by atoms with van der Waals surface area (Å²) in [5.41, 5.74) is -0.751. The van der Waals surface area contributed by atoms with Crippen LogP contribution < -0.4 is 5.32 Å². The average molecular weight is 181 g/mol. The van der Waals surface area contributed by atoms with Crippen LogP contribution in [0.1, 0.15) is 6.92 Å². The Labute approximate surface area is 70.9 Å². The average Bonchev–Trinajstić information content (AvgIpc) is 1.87. The SMILES string of the molecule is CC(CO)(CO)NC(=S)S. The van der Waals surface area contributed by atoms with Gasteiger partial charge in [0.25, 0.3) is 0 Å². The molecule has 0 amide bonds. The Morgan fingerprint density at radius 1 is 1.60 bits per heavy atom. The summed E-state index contributed by atoms with van der Waals surface area (Å²) in [5.74, 6) is 0. The van der Waals surface area contributed by atoms with Crippen LogP contribution in [0.5, 0.6) is 0 Å². The second kappa shape index (κ2) is 4.12. The fourth-order valence-electron chi connectivity index (χ4n) is 0.387. The summed E-state index contributed by atoms with van der Waals surface area (Å²) in [6.45, 7) is 1.30. The number of aliphatic hydroxyl groups is 2. The van der Waals surface area contributed by atoms with Gasteiger partial charge in [0.2, 0.25) is 0 Å². The van der Waals surface area contributed by atoms with E-state index in [0.717, 1.165) is 0 Å². The number of thiol groups is 1. The molecule has 0 aromatic carbocycles. The van der Waals surface area contributed by atoms with Crippen molar-refractivity contribution in [3.05, 3.63) is 0 Å². The molecule has 3 N–H and O–H groups in total. The zero-order chi connectivity index (χ0) is 8.20. The molecule has 0 atom stereocenters. The first-order valence-electron chi connectivity index (χ1n) is 2.77. The van der Waals surface area contributed by atoms with Crippen LogP contribution in [0.25, 0.3) is 0 Å². The highest BCUT2D eigenvalue weighted by molar-refractivity contribution is 8.11. The van der Waals surface area contributed by atoms with Crippen LogP contribution in [-0.4, -0.2) is 33.3 Å². The summed E-state index contributed by atoms with van der Waals surface area (Å²) in [6, 6.07) is 0. The second-order valence-corrected chi connectivity index (χ2v) is 3.47. The van der Waals surface area contributed by atoms with E-state index in [1.165, 1.54) is 0 Å². The number of nitrogens with one attached hydrogen (secondary N) is 1. The number of aliphatic hydroxyl groups excluding tert-OH is 2. The maximum Gasteiger partial charge on any atom is 0.131 e. The highest BCUT2D eigenvalue weighted by atomic mass is 32.1. The predicted octanol–water partition coefficient (Wildman–Crippen LogP) is -0.466. The highest BCUT2D eigenvalue weighted by Crippen LogP contribution is 2.01. The van der Waals surface area contributed by atoms with Crippen LogP contribution in [0.15, 0.2) is 0 Å². The standard InChI is InChI=1S/C5H11NO2S2/c1-5(2-7,3-8)6-4(9)10/h7-8H,2-3H2,1H3,(H2,6,9,10). The van der Waals surface area contributed by atoms with E-state index in [-0.39, 0.29) is 17.5 Å². The lowest BCUT2D eigenvalue weighted by Crippen LogP contribution is -2.49. The molecule has 0 spiro atoms. The summed E-state index contributed by atoms with van der Waals surface area (Å²) < 4.78 is 0.269. The zero-order valence-corrected chi connectivity index (χ0v) is 7.38. The molecule has 60 valence electrons. The van der Waals surface area contributed by atoms with Crippen LogP contribution >= 0.6 is 24.8 Å². The number of rotatable bonds is 3. The van der Waals surface area contributed by atoms with Crippen molar-refractivity contribution >= 4 is 29.2 Å². The van der Waals surface area contributed by atoms with E-state index in [0.29, 0.717) is 0 Å². The molecule has 0 bridgehead atoms. The predicted molar refractivity (Wildman–Crippen MR) is 47.3 cm³/mol. The largest absolute Gasteiger partial charge is 0.394 e.